The molecular formula is C30H39F2N7O4. The molecule has 232 valence electrons. The summed E-state index contributed by atoms with van der Waals surface area (Å²) < 4.78 is 42.5. The largest absolute Gasteiger partial charge is 0.449 e. The summed E-state index contributed by atoms with van der Waals surface area (Å²) in [6, 6.07) is 2.58. The van der Waals surface area contributed by atoms with Crippen LogP contribution in [0.5, 0.6) is 5.75 Å². The van der Waals surface area contributed by atoms with E-state index >= 15 is 8.78 Å². The number of halogens is 2. The standard InChI is InChI=1S/C30H39F2N7O4/c1-15-11-18(13-34-24(15)16(2)40)42-28-36-26-22(27(37-28)39-10-8-7-9-17(33)14-39)21-23(32)19(31)12-20(25(21)35-26)38(6)29(41)43-30(3,4)5/h11-13,16-17,28,35-36,40H,7-10,14,33H2,1-6H3. The van der Waals surface area contributed by atoms with Crippen molar-refractivity contribution in [3.8, 4) is 5.75 Å². The molecule has 0 radical (unpaired) electrons. The minimum atomic E-state index is -1.12. The number of aryl methyl sites for hydroxylation is 1. The number of nitrogens with one attached hydrogen (secondary N) is 2. The number of hydrogen-bond acceptors (Lipinski definition) is 9. The maximum atomic E-state index is 15.7. The molecule has 0 spiro atoms. The van der Waals surface area contributed by atoms with Gasteiger partial charge in [0.15, 0.2) is 11.6 Å². The lowest BCUT2D eigenvalue weighted by molar-refractivity contribution is 0.0589. The Morgan fingerprint density at radius 2 is 2.02 bits per heavy atom. The summed E-state index contributed by atoms with van der Waals surface area (Å²) in [5.74, 6) is -1.06. The SMILES string of the molecule is Cc1cc(OC2N=C(N3CCCCC(N)C3)c3c([nH]c4c(N(C)C(=O)OC(C)(C)C)cc(F)c(F)c34)N2)cnc1C(C)O. The Balaban J connectivity index is 1.62. The van der Waals surface area contributed by atoms with Crippen LogP contribution in [-0.4, -0.2) is 70.0 Å². The van der Waals surface area contributed by atoms with E-state index in [9.17, 15) is 9.90 Å². The molecule has 4 heterocycles. The number of pyridine rings is 1. The number of aliphatic hydroxyl groups is 1. The Morgan fingerprint density at radius 1 is 1.28 bits per heavy atom. The molecule has 43 heavy (non-hydrogen) atoms. The zero-order chi connectivity index (χ0) is 31.2. The number of ether oxygens (including phenoxy) is 2. The first-order valence-electron chi connectivity index (χ1n) is 14.4. The second kappa shape index (κ2) is 11.6. The number of carbonyl (C=O) groups is 1. The highest BCUT2D eigenvalue weighted by Crippen LogP contribution is 2.40. The van der Waals surface area contributed by atoms with E-state index < -0.39 is 35.8 Å². The Morgan fingerprint density at radius 3 is 2.70 bits per heavy atom. The van der Waals surface area contributed by atoms with Crippen molar-refractivity contribution in [2.24, 2.45) is 10.7 Å². The van der Waals surface area contributed by atoms with Gasteiger partial charge < -0.3 is 35.5 Å². The van der Waals surface area contributed by atoms with Gasteiger partial charge in [-0.05, 0) is 59.1 Å². The normalized spacial score (nSPS) is 19.7. The van der Waals surface area contributed by atoms with Crippen LogP contribution in [0.2, 0.25) is 0 Å². The van der Waals surface area contributed by atoms with Crippen molar-refractivity contribution in [1.82, 2.24) is 14.9 Å². The molecule has 2 aliphatic rings. The van der Waals surface area contributed by atoms with Crippen LogP contribution in [0.15, 0.2) is 23.3 Å². The van der Waals surface area contributed by atoms with Gasteiger partial charge in [-0.1, -0.05) is 6.42 Å². The number of hydrogen-bond donors (Lipinski definition) is 4. The molecule has 13 heteroatoms. The molecule has 3 unspecified atom stereocenters. The van der Waals surface area contributed by atoms with Gasteiger partial charge in [0.25, 0.3) is 6.35 Å². The van der Waals surface area contributed by atoms with Crippen LogP contribution in [0.1, 0.15) is 69.9 Å². The number of amidine groups is 1. The van der Waals surface area contributed by atoms with Crippen molar-refractivity contribution in [3.63, 3.8) is 0 Å². The average molecular weight is 600 g/mol. The number of likely N-dealkylation sites (tertiary alicyclic amines) is 1. The summed E-state index contributed by atoms with van der Waals surface area (Å²) in [6.07, 6.45) is 1.67. The zero-order valence-electron chi connectivity index (χ0n) is 25.3. The molecule has 5 rings (SSSR count). The summed E-state index contributed by atoms with van der Waals surface area (Å²) in [5, 5.41) is 13.1. The molecule has 1 saturated heterocycles. The number of aliphatic imine (C=N–C) groups is 1. The number of anilines is 2. The minimum absolute atomic E-state index is 0.0540. The van der Waals surface area contributed by atoms with Gasteiger partial charge in [0, 0.05) is 32.2 Å². The molecule has 0 aliphatic carbocycles. The van der Waals surface area contributed by atoms with E-state index in [1.165, 1.54) is 13.2 Å². The average Bonchev–Trinajstić information content (AvgIpc) is 3.16. The lowest BCUT2D eigenvalue weighted by Crippen LogP contribution is -2.43. The minimum Gasteiger partial charge on any atom is -0.449 e. The van der Waals surface area contributed by atoms with Crippen LogP contribution < -0.4 is 20.7 Å². The summed E-state index contributed by atoms with van der Waals surface area (Å²) in [6.45, 7) is 9.69. The van der Waals surface area contributed by atoms with Crippen LogP contribution in [0, 0.1) is 18.6 Å². The maximum absolute atomic E-state index is 15.7. The van der Waals surface area contributed by atoms with Gasteiger partial charge in [-0.25, -0.2) is 18.6 Å². The van der Waals surface area contributed by atoms with E-state index in [-0.39, 0.29) is 22.6 Å². The van der Waals surface area contributed by atoms with Crippen LogP contribution in [0.25, 0.3) is 10.9 Å². The van der Waals surface area contributed by atoms with Gasteiger partial charge >= 0.3 is 6.09 Å². The van der Waals surface area contributed by atoms with E-state index in [2.05, 4.69) is 15.3 Å². The first kappa shape index (κ1) is 30.5. The fraction of sp³-hybridized carbons (Fsp3) is 0.500. The number of rotatable bonds is 4. The molecule has 1 aromatic carbocycles. The molecule has 2 aromatic heterocycles. The number of amides is 1. The van der Waals surface area contributed by atoms with E-state index in [1.54, 1.807) is 33.8 Å². The number of nitrogens with zero attached hydrogens (tertiary/aromatic N) is 4. The van der Waals surface area contributed by atoms with Crippen molar-refractivity contribution in [3.05, 3.63) is 46.8 Å². The summed E-state index contributed by atoms with van der Waals surface area (Å²) in [5.41, 5.74) is 7.46. The smallest absolute Gasteiger partial charge is 0.414 e. The number of aromatic amines is 1. The van der Waals surface area contributed by atoms with Gasteiger partial charge in [0.05, 0.1) is 40.1 Å². The monoisotopic (exact) mass is 599 g/mol. The Labute approximate surface area is 249 Å². The summed E-state index contributed by atoms with van der Waals surface area (Å²) >= 11 is 0. The van der Waals surface area contributed by atoms with E-state index in [0.717, 1.165) is 35.8 Å². The molecule has 5 N–H and O–H groups in total. The van der Waals surface area contributed by atoms with Crippen LogP contribution in [0.3, 0.4) is 0 Å². The Hall–Kier alpha value is -3.97. The zero-order valence-corrected chi connectivity index (χ0v) is 25.3. The number of benzene rings is 1. The maximum Gasteiger partial charge on any atom is 0.414 e. The topological polar surface area (TPSA) is 141 Å². The fourth-order valence-electron chi connectivity index (χ4n) is 5.50. The molecule has 3 aromatic rings. The van der Waals surface area contributed by atoms with Gasteiger partial charge in [0.1, 0.15) is 23.0 Å². The van der Waals surface area contributed by atoms with Gasteiger partial charge in [-0.2, -0.15) is 0 Å². The molecule has 11 nitrogen and oxygen atoms in total. The van der Waals surface area contributed by atoms with Gasteiger partial charge in [-0.3, -0.25) is 9.88 Å². The number of nitrogens with two attached hydrogens (primary N) is 1. The van der Waals surface area contributed by atoms with Gasteiger partial charge in [-0.15, -0.1) is 0 Å². The fourth-order valence-corrected chi connectivity index (χ4v) is 5.50. The molecular weight excluding hydrogens is 560 g/mol. The van der Waals surface area contributed by atoms with Crippen molar-refractivity contribution >= 4 is 34.3 Å². The number of aromatic nitrogens is 2. The first-order chi connectivity index (χ1) is 20.2. The second-order valence-corrected chi connectivity index (χ2v) is 12.2. The molecule has 3 atom stereocenters. The number of aliphatic hydroxyl groups excluding tert-OH is 1. The van der Waals surface area contributed by atoms with Gasteiger partial charge in [0.2, 0.25) is 0 Å². The van der Waals surface area contributed by atoms with E-state index in [0.29, 0.717) is 41.7 Å². The highest BCUT2D eigenvalue weighted by Gasteiger charge is 2.35. The quantitative estimate of drug-likeness (QED) is 0.331. The lowest BCUT2D eigenvalue weighted by atomic mass is 10.1. The number of carbonyl (C=O) groups excluding carboxylic acids is 1. The molecule has 0 bridgehead atoms. The Bertz CT molecular complexity index is 1570. The predicted molar refractivity (Wildman–Crippen MR) is 160 cm³/mol. The van der Waals surface area contributed by atoms with Crippen molar-refractivity contribution in [2.45, 2.75) is 78.0 Å². The third-order valence-corrected chi connectivity index (χ3v) is 7.45. The molecule has 2 aliphatic heterocycles. The predicted octanol–water partition coefficient (Wildman–Crippen LogP) is 4.92. The Kier molecular flexibility index (Phi) is 8.23. The second-order valence-electron chi connectivity index (χ2n) is 12.2. The van der Waals surface area contributed by atoms with Crippen molar-refractivity contribution < 1.29 is 28.2 Å². The van der Waals surface area contributed by atoms with E-state index in [4.69, 9.17) is 20.2 Å². The molecule has 1 amide bonds. The van der Waals surface area contributed by atoms with Crippen molar-refractivity contribution in [1.29, 1.82) is 0 Å². The van der Waals surface area contributed by atoms with Crippen LogP contribution in [0.4, 0.5) is 25.1 Å². The van der Waals surface area contributed by atoms with E-state index in [1.807, 2.05) is 11.8 Å². The summed E-state index contributed by atoms with van der Waals surface area (Å²) in [4.78, 5) is 28.4. The first-order valence-corrected chi connectivity index (χ1v) is 14.4. The van der Waals surface area contributed by atoms with Crippen LogP contribution in [-0.2, 0) is 4.74 Å². The third-order valence-electron chi connectivity index (χ3n) is 7.45. The highest BCUT2D eigenvalue weighted by molar-refractivity contribution is 6.18. The molecule has 0 saturated carbocycles. The van der Waals surface area contributed by atoms with Crippen molar-refractivity contribution in [2.75, 3.05) is 30.4 Å². The highest BCUT2D eigenvalue weighted by atomic mass is 19.2. The molecule has 1 fully saturated rings. The number of H-pyrrole nitrogens is 1. The summed E-state index contributed by atoms with van der Waals surface area (Å²) in [7, 11) is 1.44. The lowest BCUT2D eigenvalue weighted by Gasteiger charge is -2.31. The third kappa shape index (κ3) is 6.23. The van der Waals surface area contributed by atoms with Crippen LogP contribution >= 0.6 is 0 Å². The number of fused-ring (bicyclic) bond motifs is 3.